The Morgan fingerprint density at radius 2 is 2.00 bits per heavy atom. The number of hydrogen-bond acceptors (Lipinski definition) is 10. The number of nitriles is 1. The number of alkyl halides is 3. The Labute approximate surface area is 259 Å². The third-order valence-electron chi connectivity index (χ3n) is 6.91. The fraction of sp³-hybridized carbons (Fsp3) is 0.345. The third-order valence-corrected chi connectivity index (χ3v) is 7.82. The van der Waals surface area contributed by atoms with Gasteiger partial charge in [-0.3, -0.25) is 19.2 Å². The summed E-state index contributed by atoms with van der Waals surface area (Å²) in [6.07, 6.45) is 2.56. The Hall–Kier alpha value is -4.43. The van der Waals surface area contributed by atoms with E-state index >= 15 is 0 Å². The summed E-state index contributed by atoms with van der Waals surface area (Å²) in [6.45, 7) is -0.946. The van der Waals surface area contributed by atoms with E-state index in [4.69, 9.17) is 9.57 Å². The van der Waals surface area contributed by atoms with E-state index in [9.17, 15) is 32.8 Å². The standard InChI is InChI=1S/C29H28F3N7O5S/c1-37-13-19(12-34-17-45-39-5-2-6-44-39)8-23(27(37)41)26(40)36-24-9-20(10-25(35-24)43-16-30)21-4-3-18(11-33)7-22(21)28(42)38-14-29(31,32)15-38/h3-4,7-10,13,34H,2,5-6,12,14-17H2,1H3,(H,35,36,40). The molecule has 0 spiro atoms. The van der Waals surface area contributed by atoms with E-state index in [0.717, 1.165) is 17.9 Å². The van der Waals surface area contributed by atoms with E-state index < -0.39 is 43.2 Å². The summed E-state index contributed by atoms with van der Waals surface area (Å²) in [5.41, 5.74) is 0.393. The van der Waals surface area contributed by atoms with Crippen LogP contribution in [0.3, 0.4) is 0 Å². The van der Waals surface area contributed by atoms with Crippen LogP contribution in [0.15, 0.2) is 47.4 Å². The van der Waals surface area contributed by atoms with E-state index in [2.05, 4.69) is 15.6 Å². The Kier molecular flexibility index (Phi) is 9.73. The van der Waals surface area contributed by atoms with Crippen molar-refractivity contribution in [3.63, 3.8) is 0 Å². The molecule has 2 amide bonds. The number of halogens is 3. The van der Waals surface area contributed by atoms with Gasteiger partial charge in [-0.15, -0.1) is 4.47 Å². The van der Waals surface area contributed by atoms with Crippen LogP contribution in [0.25, 0.3) is 11.1 Å². The zero-order chi connectivity index (χ0) is 32.1. The number of anilines is 1. The van der Waals surface area contributed by atoms with Gasteiger partial charge in [0, 0.05) is 38.0 Å². The van der Waals surface area contributed by atoms with Crippen molar-refractivity contribution in [2.45, 2.75) is 18.9 Å². The number of rotatable bonds is 11. The second kappa shape index (κ2) is 13.7. The highest BCUT2D eigenvalue weighted by molar-refractivity contribution is 7.96. The molecule has 12 nitrogen and oxygen atoms in total. The van der Waals surface area contributed by atoms with Gasteiger partial charge in [0.1, 0.15) is 11.4 Å². The molecule has 2 saturated heterocycles. The van der Waals surface area contributed by atoms with Crippen LogP contribution in [0.2, 0.25) is 0 Å². The Balaban J connectivity index is 1.40. The fourth-order valence-electron chi connectivity index (χ4n) is 4.79. The van der Waals surface area contributed by atoms with Crippen LogP contribution in [0.5, 0.6) is 5.88 Å². The van der Waals surface area contributed by atoms with Gasteiger partial charge in [-0.25, -0.2) is 13.2 Å². The molecule has 2 fully saturated rings. The molecule has 2 aliphatic rings. The van der Waals surface area contributed by atoms with Crippen LogP contribution in [0.1, 0.15) is 38.3 Å². The number of nitrogens with one attached hydrogen (secondary N) is 2. The number of pyridine rings is 2. The van der Waals surface area contributed by atoms with Crippen LogP contribution in [0, 0.1) is 11.3 Å². The molecule has 0 radical (unpaired) electrons. The molecule has 236 valence electrons. The van der Waals surface area contributed by atoms with Gasteiger partial charge < -0.3 is 24.8 Å². The zero-order valence-electron chi connectivity index (χ0n) is 24.0. The first kappa shape index (κ1) is 32.0. The van der Waals surface area contributed by atoms with Gasteiger partial charge in [-0.2, -0.15) is 10.2 Å². The molecule has 1 aromatic carbocycles. The molecule has 2 aromatic heterocycles. The van der Waals surface area contributed by atoms with Gasteiger partial charge >= 0.3 is 0 Å². The number of benzene rings is 1. The average molecular weight is 644 g/mol. The highest BCUT2D eigenvalue weighted by atomic mass is 32.2. The third kappa shape index (κ3) is 7.63. The normalized spacial score (nSPS) is 15.8. The summed E-state index contributed by atoms with van der Waals surface area (Å²) in [7, 11) is 1.51. The summed E-state index contributed by atoms with van der Waals surface area (Å²) in [6, 6.07) is 10.1. The molecule has 2 N–H and O–H groups in total. The van der Waals surface area contributed by atoms with E-state index in [1.165, 1.54) is 60.0 Å². The first-order valence-electron chi connectivity index (χ1n) is 13.7. The van der Waals surface area contributed by atoms with E-state index in [1.807, 2.05) is 6.07 Å². The van der Waals surface area contributed by atoms with Crippen molar-refractivity contribution in [1.29, 1.82) is 5.26 Å². The lowest BCUT2D eigenvalue weighted by Gasteiger charge is -2.39. The molecule has 0 saturated carbocycles. The molecular weight excluding hydrogens is 615 g/mol. The second-order valence-electron chi connectivity index (χ2n) is 10.3. The summed E-state index contributed by atoms with van der Waals surface area (Å²) >= 11 is 1.47. The van der Waals surface area contributed by atoms with Crippen LogP contribution in [0.4, 0.5) is 19.0 Å². The number of carbonyl (C=O) groups is 2. The van der Waals surface area contributed by atoms with Gasteiger partial charge in [0.2, 0.25) is 12.7 Å². The number of nitrogens with zero attached hydrogens (tertiary/aromatic N) is 5. The lowest BCUT2D eigenvalue weighted by atomic mass is 9.96. The predicted octanol–water partition coefficient (Wildman–Crippen LogP) is 3.30. The molecule has 2 aliphatic heterocycles. The molecule has 0 unspecified atom stereocenters. The summed E-state index contributed by atoms with van der Waals surface area (Å²) in [5.74, 6) is -4.39. The van der Waals surface area contributed by atoms with Crippen LogP contribution in [-0.4, -0.2) is 75.6 Å². The number of hydroxylamine groups is 1. The smallest absolute Gasteiger partial charge is 0.282 e. The minimum Gasteiger partial charge on any atom is -0.446 e. The predicted molar refractivity (Wildman–Crippen MR) is 158 cm³/mol. The van der Waals surface area contributed by atoms with E-state index in [1.54, 1.807) is 10.7 Å². The number of aromatic nitrogens is 2. The van der Waals surface area contributed by atoms with Crippen molar-refractivity contribution in [2.24, 2.45) is 7.05 Å². The largest absolute Gasteiger partial charge is 0.446 e. The topological polar surface area (TPSA) is 142 Å². The molecule has 45 heavy (non-hydrogen) atoms. The molecule has 5 rings (SSSR count). The Morgan fingerprint density at radius 3 is 2.69 bits per heavy atom. The van der Waals surface area contributed by atoms with Crippen molar-refractivity contribution in [3.8, 4) is 23.1 Å². The second-order valence-corrected chi connectivity index (χ2v) is 11.3. The lowest BCUT2D eigenvalue weighted by molar-refractivity contribution is -0.113. The maximum atomic E-state index is 13.5. The van der Waals surface area contributed by atoms with Crippen molar-refractivity contribution in [3.05, 3.63) is 75.2 Å². The van der Waals surface area contributed by atoms with Crippen molar-refractivity contribution >= 4 is 29.6 Å². The van der Waals surface area contributed by atoms with E-state index in [0.29, 0.717) is 24.6 Å². The minimum absolute atomic E-state index is 0.0530. The van der Waals surface area contributed by atoms with Crippen molar-refractivity contribution < 1.29 is 32.3 Å². The highest BCUT2D eigenvalue weighted by Gasteiger charge is 2.46. The number of ether oxygens (including phenoxy) is 1. The first-order chi connectivity index (χ1) is 21.6. The lowest BCUT2D eigenvalue weighted by Crippen LogP contribution is -2.58. The zero-order valence-corrected chi connectivity index (χ0v) is 24.8. The molecule has 0 aliphatic carbocycles. The monoisotopic (exact) mass is 643 g/mol. The molecular formula is C29H28F3N7O5S. The van der Waals surface area contributed by atoms with Gasteiger partial charge in [0.05, 0.1) is 37.2 Å². The molecule has 0 bridgehead atoms. The van der Waals surface area contributed by atoms with Crippen molar-refractivity contribution in [1.82, 2.24) is 24.2 Å². The van der Waals surface area contributed by atoms with Crippen LogP contribution >= 0.6 is 11.9 Å². The SMILES string of the molecule is Cn1cc(CNCSN2CCCO2)cc(C(=O)Nc2cc(-c3ccc(C#N)cc3C(=O)N3CC(F)(F)C3)cc(OCF)n2)c1=O. The molecule has 0 atom stereocenters. The number of carbonyl (C=O) groups excluding carboxylic acids is 2. The van der Waals surface area contributed by atoms with Gasteiger partial charge in [-0.05, 0) is 59.3 Å². The van der Waals surface area contributed by atoms with Crippen LogP contribution < -0.4 is 20.9 Å². The maximum Gasteiger partial charge on any atom is 0.282 e. The summed E-state index contributed by atoms with van der Waals surface area (Å²) < 4.78 is 48.2. The maximum absolute atomic E-state index is 13.5. The number of hydrogen-bond donors (Lipinski definition) is 2. The number of likely N-dealkylation sites (tertiary alicyclic amines) is 1. The molecule has 3 aromatic rings. The first-order valence-corrected chi connectivity index (χ1v) is 14.7. The van der Waals surface area contributed by atoms with Gasteiger partial charge in [0.15, 0.2) is 0 Å². The summed E-state index contributed by atoms with van der Waals surface area (Å²) in [5, 5.41) is 15.1. The van der Waals surface area contributed by atoms with Crippen molar-refractivity contribution in [2.75, 3.05) is 44.3 Å². The minimum atomic E-state index is -3.01. The van der Waals surface area contributed by atoms with Gasteiger partial charge in [-0.1, -0.05) is 6.07 Å². The van der Waals surface area contributed by atoms with Crippen LogP contribution in [-0.2, 0) is 18.4 Å². The number of aryl methyl sites for hydroxylation is 1. The average Bonchev–Trinajstić information content (AvgIpc) is 3.52. The fourth-order valence-corrected chi connectivity index (χ4v) is 5.53. The molecule has 16 heteroatoms. The summed E-state index contributed by atoms with van der Waals surface area (Å²) in [4.78, 5) is 49.8. The molecule has 4 heterocycles. The number of amides is 2. The Bertz CT molecular complexity index is 1700. The van der Waals surface area contributed by atoms with Gasteiger partial charge in [0.25, 0.3) is 23.3 Å². The highest BCUT2D eigenvalue weighted by Crippen LogP contribution is 2.34. The quantitative estimate of drug-likeness (QED) is 0.182. The Morgan fingerprint density at radius 1 is 1.20 bits per heavy atom. The van der Waals surface area contributed by atoms with E-state index in [-0.39, 0.29) is 39.5 Å².